The SMILES string of the molecule is Nc1nc(-c2ccn(C(F)F)n2)cc(N2C[CH]CC2)n1. The van der Waals surface area contributed by atoms with Crippen LogP contribution in [0.2, 0.25) is 0 Å². The van der Waals surface area contributed by atoms with E-state index in [-0.39, 0.29) is 5.95 Å². The molecular formula is C12H13F2N6. The van der Waals surface area contributed by atoms with E-state index in [2.05, 4.69) is 21.5 Å². The largest absolute Gasteiger partial charge is 0.368 e. The van der Waals surface area contributed by atoms with Crippen LogP contribution < -0.4 is 10.6 Å². The number of nitrogen functional groups attached to an aromatic ring is 1. The molecule has 0 aliphatic carbocycles. The Hall–Kier alpha value is -2.25. The molecule has 3 heterocycles. The van der Waals surface area contributed by atoms with Gasteiger partial charge in [0.1, 0.15) is 11.5 Å². The Balaban J connectivity index is 1.95. The summed E-state index contributed by atoms with van der Waals surface area (Å²) in [6, 6.07) is 3.20. The van der Waals surface area contributed by atoms with Crippen LogP contribution in [0.3, 0.4) is 0 Å². The third kappa shape index (κ3) is 2.40. The number of alkyl halides is 2. The average molecular weight is 279 g/mol. The summed E-state index contributed by atoms with van der Waals surface area (Å²) in [6.45, 7) is -1.02. The van der Waals surface area contributed by atoms with Gasteiger partial charge < -0.3 is 10.6 Å². The highest BCUT2D eigenvalue weighted by atomic mass is 19.3. The normalized spacial score (nSPS) is 15.2. The third-order valence-corrected chi connectivity index (χ3v) is 3.08. The quantitative estimate of drug-likeness (QED) is 0.926. The first-order chi connectivity index (χ1) is 9.63. The highest BCUT2D eigenvalue weighted by molar-refractivity contribution is 5.61. The number of halogens is 2. The van der Waals surface area contributed by atoms with Crippen LogP contribution in [0.25, 0.3) is 11.4 Å². The second-order valence-corrected chi connectivity index (χ2v) is 4.45. The van der Waals surface area contributed by atoms with Gasteiger partial charge in [0.25, 0.3) is 0 Å². The van der Waals surface area contributed by atoms with Gasteiger partial charge >= 0.3 is 6.55 Å². The number of aromatic nitrogens is 4. The molecule has 2 N–H and O–H groups in total. The minimum atomic E-state index is -2.67. The lowest BCUT2D eigenvalue weighted by Crippen LogP contribution is -2.20. The van der Waals surface area contributed by atoms with Gasteiger partial charge in [0, 0.05) is 25.4 Å². The van der Waals surface area contributed by atoms with E-state index in [4.69, 9.17) is 5.73 Å². The van der Waals surface area contributed by atoms with Crippen LogP contribution in [0, 0.1) is 6.42 Å². The molecule has 0 spiro atoms. The molecule has 0 aromatic carbocycles. The van der Waals surface area contributed by atoms with E-state index in [1.165, 1.54) is 12.3 Å². The van der Waals surface area contributed by atoms with Crippen molar-refractivity contribution in [2.24, 2.45) is 0 Å². The fourth-order valence-electron chi connectivity index (χ4n) is 2.12. The Morgan fingerprint density at radius 1 is 1.25 bits per heavy atom. The molecule has 0 amide bonds. The van der Waals surface area contributed by atoms with E-state index in [9.17, 15) is 8.78 Å². The lowest BCUT2D eigenvalue weighted by atomic mass is 10.3. The van der Waals surface area contributed by atoms with Crippen molar-refractivity contribution >= 4 is 11.8 Å². The summed E-state index contributed by atoms with van der Waals surface area (Å²) in [6.07, 6.45) is 4.34. The molecule has 8 heteroatoms. The number of anilines is 2. The molecule has 1 radical (unpaired) electrons. The van der Waals surface area contributed by atoms with Crippen LogP contribution in [-0.2, 0) is 0 Å². The summed E-state index contributed by atoms with van der Waals surface area (Å²) in [4.78, 5) is 10.3. The fraction of sp³-hybridized carbons (Fsp3) is 0.333. The summed E-state index contributed by atoms with van der Waals surface area (Å²) in [5, 5.41) is 3.78. The van der Waals surface area contributed by atoms with Gasteiger partial charge in [0.2, 0.25) is 5.95 Å². The standard InChI is InChI=1S/C12H13F2N6/c13-11(14)20-6-3-8(18-20)9-7-10(17-12(15)16-9)19-4-1-2-5-19/h1,3,6-7,11H,2,4-5H2,(H2,15,16,17). The second-order valence-electron chi connectivity index (χ2n) is 4.45. The number of nitrogens with two attached hydrogens (primary N) is 1. The minimum absolute atomic E-state index is 0.107. The van der Waals surface area contributed by atoms with Crippen molar-refractivity contribution in [1.82, 2.24) is 19.7 Å². The first-order valence-electron chi connectivity index (χ1n) is 6.18. The molecule has 0 bridgehead atoms. The van der Waals surface area contributed by atoms with Crippen LogP contribution in [0.4, 0.5) is 20.5 Å². The van der Waals surface area contributed by atoms with E-state index in [0.29, 0.717) is 21.9 Å². The van der Waals surface area contributed by atoms with Gasteiger partial charge in [-0.2, -0.15) is 18.9 Å². The fourth-order valence-corrected chi connectivity index (χ4v) is 2.12. The molecule has 0 saturated carbocycles. The molecule has 2 aromatic rings. The molecule has 1 saturated heterocycles. The maximum atomic E-state index is 12.5. The maximum Gasteiger partial charge on any atom is 0.333 e. The zero-order valence-electron chi connectivity index (χ0n) is 10.6. The van der Waals surface area contributed by atoms with Gasteiger partial charge in [-0.15, -0.1) is 0 Å². The lowest BCUT2D eigenvalue weighted by Gasteiger charge is -2.16. The molecule has 3 rings (SSSR count). The Morgan fingerprint density at radius 3 is 2.75 bits per heavy atom. The molecular weight excluding hydrogens is 266 g/mol. The van der Waals surface area contributed by atoms with Gasteiger partial charge in [0.15, 0.2) is 0 Å². The summed E-state index contributed by atoms with van der Waals surface area (Å²) in [7, 11) is 0. The Bertz CT molecular complexity index is 606. The van der Waals surface area contributed by atoms with E-state index >= 15 is 0 Å². The van der Waals surface area contributed by atoms with E-state index in [1.54, 1.807) is 6.07 Å². The number of nitrogens with zero attached hydrogens (tertiary/aromatic N) is 5. The third-order valence-electron chi connectivity index (χ3n) is 3.08. The van der Waals surface area contributed by atoms with Gasteiger partial charge in [0.05, 0.1) is 5.69 Å². The summed E-state index contributed by atoms with van der Waals surface area (Å²) in [5.41, 5.74) is 6.48. The highest BCUT2D eigenvalue weighted by Crippen LogP contribution is 2.24. The Kier molecular flexibility index (Phi) is 3.21. The smallest absolute Gasteiger partial charge is 0.333 e. The van der Waals surface area contributed by atoms with Crippen LogP contribution in [0.1, 0.15) is 13.0 Å². The van der Waals surface area contributed by atoms with Crippen LogP contribution in [-0.4, -0.2) is 32.8 Å². The summed E-state index contributed by atoms with van der Waals surface area (Å²) >= 11 is 0. The summed E-state index contributed by atoms with van der Waals surface area (Å²) < 4.78 is 25.6. The maximum absolute atomic E-state index is 12.5. The van der Waals surface area contributed by atoms with Crippen LogP contribution >= 0.6 is 0 Å². The van der Waals surface area contributed by atoms with Gasteiger partial charge in [-0.3, -0.25) is 0 Å². The molecule has 1 fully saturated rings. The number of hydrogen-bond donors (Lipinski definition) is 1. The molecule has 0 unspecified atom stereocenters. The summed E-state index contributed by atoms with van der Waals surface area (Å²) in [5.74, 6) is 0.795. The predicted octanol–water partition coefficient (Wildman–Crippen LogP) is 1.73. The van der Waals surface area contributed by atoms with Gasteiger partial charge in [-0.25, -0.2) is 9.67 Å². The van der Waals surface area contributed by atoms with E-state index < -0.39 is 6.55 Å². The van der Waals surface area contributed by atoms with Gasteiger partial charge in [-0.05, 0) is 18.9 Å². The van der Waals surface area contributed by atoms with Crippen molar-refractivity contribution in [3.63, 3.8) is 0 Å². The molecule has 105 valence electrons. The van der Waals surface area contributed by atoms with Crippen molar-refractivity contribution in [1.29, 1.82) is 0 Å². The van der Waals surface area contributed by atoms with Crippen molar-refractivity contribution in [3.8, 4) is 11.4 Å². The molecule has 1 aliphatic rings. The van der Waals surface area contributed by atoms with Crippen molar-refractivity contribution in [2.45, 2.75) is 13.0 Å². The number of rotatable bonds is 3. The number of hydrogen-bond acceptors (Lipinski definition) is 5. The predicted molar refractivity (Wildman–Crippen MR) is 70.0 cm³/mol. The first kappa shape index (κ1) is 12.8. The Labute approximate surface area is 114 Å². The first-order valence-corrected chi connectivity index (χ1v) is 6.18. The van der Waals surface area contributed by atoms with Crippen molar-refractivity contribution in [2.75, 3.05) is 23.7 Å². The topological polar surface area (TPSA) is 72.9 Å². The van der Waals surface area contributed by atoms with Crippen LogP contribution in [0.5, 0.6) is 0 Å². The lowest BCUT2D eigenvalue weighted by molar-refractivity contribution is 0.0568. The van der Waals surface area contributed by atoms with Crippen LogP contribution in [0.15, 0.2) is 18.3 Å². The van der Waals surface area contributed by atoms with Crippen molar-refractivity contribution < 1.29 is 8.78 Å². The molecule has 2 aromatic heterocycles. The molecule has 20 heavy (non-hydrogen) atoms. The molecule has 0 atom stereocenters. The zero-order valence-corrected chi connectivity index (χ0v) is 10.6. The van der Waals surface area contributed by atoms with E-state index in [1.807, 2.05) is 4.90 Å². The van der Waals surface area contributed by atoms with E-state index in [0.717, 1.165) is 19.5 Å². The monoisotopic (exact) mass is 279 g/mol. The molecule has 1 aliphatic heterocycles. The zero-order chi connectivity index (χ0) is 14.1. The Morgan fingerprint density at radius 2 is 2.10 bits per heavy atom. The van der Waals surface area contributed by atoms with Gasteiger partial charge in [-0.1, -0.05) is 0 Å². The van der Waals surface area contributed by atoms with Crippen molar-refractivity contribution in [3.05, 3.63) is 24.8 Å². The average Bonchev–Trinajstić information content (AvgIpc) is 3.10. The second kappa shape index (κ2) is 5.03. The minimum Gasteiger partial charge on any atom is -0.368 e. The highest BCUT2D eigenvalue weighted by Gasteiger charge is 2.17. The molecule has 6 nitrogen and oxygen atoms in total.